The van der Waals surface area contributed by atoms with Gasteiger partial charge in [-0.25, -0.2) is 22.7 Å². The van der Waals surface area contributed by atoms with Crippen LogP contribution in [0.15, 0.2) is 70.6 Å². The number of carbonyl (C=O) groups is 3. The number of aliphatic carboxylic acids is 1. The number of sulfonamides is 1. The highest BCUT2D eigenvalue weighted by molar-refractivity contribution is 7.90. The van der Waals surface area contributed by atoms with Gasteiger partial charge in [0.15, 0.2) is 0 Å². The lowest BCUT2D eigenvalue weighted by Gasteiger charge is -2.21. The number of fused-ring (bicyclic) bond motifs is 1. The second kappa shape index (κ2) is 16.1. The van der Waals surface area contributed by atoms with E-state index in [9.17, 15) is 27.9 Å². The van der Waals surface area contributed by atoms with Crippen molar-refractivity contribution in [3.63, 3.8) is 0 Å². The molecule has 1 aliphatic heterocycles. The Hall–Kier alpha value is -5.11. The van der Waals surface area contributed by atoms with Crippen LogP contribution in [0.1, 0.15) is 60.1 Å². The fourth-order valence-electron chi connectivity index (χ4n) is 5.88. The fraction of sp³-hybridized carbons (Fsp3) is 0.389. The highest BCUT2D eigenvalue weighted by atomic mass is 32.2. The molecule has 1 aliphatic rings. The van der Waals surface area contributed by atoms with Gasteiger partial charge in [-0.1, -0.05) is 60.7 Å². The summed E-state index contributed by atoms with van der Waals surface area (Å²) in [6.45, 7) is 9.16. The Balaban J connectivity index is 1.37. The topological polar surface area (TPSA) is 199 Å². The molecule has 0 saturated carbocycles. The Labute approximate surface area is 292 Å². The van der Waals surface area contributed by atoms with E-state index in [1.807, 2.05) is 32.9 Å². The van der Waals surface area contributed by atoms with Crippen molar-refractivity contribution in [2.24, 2.45) is 10.7 Å². The largest absolute Gasteiger partial charge is 0.487 e. The Morgan fingerprint density at radius 3 is 2.18 bits per heavy atom. The molecule has 2 unspecified atom stereocenters. The van der Waals surface area contributed by atoms with Gasteiger partial charge < -0.3 is 30.9 Å². The van der Waals surface area contributed by atoms with Crippen molar-refractivity contribution in [3.8, 4) is 5.75 Å². The number of nitrogens with two attached hydrogens (primary N) is 1. The van der Waals surface area contributed by atoms with Crippen LogP contribution in [0.25, 0.3) is 0 Å². The predicted molar refractivity (Wildman–Crippen MR) is 188 cm³/mol. The maximum atomic E-state index is 13.4. The molecule has 14 heteroatoms. The van der Waals surface area contributed by atoms with Gasteiger partial charge in [0.2, 0.25) is 11.9 Å². The van der Waals surface area contributed by atoms with E-state index >= 15 is 0 Å². The van der Waals surface area contributed by atoms with Gasteiger partial charge in [-0.3, -0.25) is 9.79 Å². The van der Waals surface area contributed by atoms with Gasteiger partial charge in [0.05, 0.1) is 4.90 Å². The number of aliphatic imine (C=N–C) groups is 1. The molecule has 0 aliphatic carbocycles. The van der Waals surface area contributed by atoms with E-state index < -0.39 is 45.7 Å². The molecule has 50 heavy (non-hydrogen) atoms. The lowest BCUT2D eigenvalue weighted by Crippen LogP contribution is -2.52. The SMILES string of the molecule is Cc1c(C)c(S(=O)(=O)NC(N)=NCCCC(NC(=O)C(Cc2ccccc2)NC(=O)OCc2ccccc2)C(=O)O)c(C)c2c1CC(C)(C)O2. The standard InChI is InChI=1S/C36H45N5O8S/c1-22-23(2)31(24(3)30-27(22)20-36(4,5)49-30)50(46,47)41-34(37)38-18-12-17-28(33(43)44)39-32(42)29(19-25-13-8-6-9-14-25)40-35(45)48-21-26-15-10-7-11-16-26/h6-11,13-16,28-29H,12,17-21H2,1-5H3,(H,39,42)(H,40,45)(H,43,44)(H3,37,38,41). The molecule has 4 rings (SSSR count). The van der Waals surface area contributed by atoms with Crippen molar-refractivity contribution < 1.29 is 37.4 Å². The van der Waals surface area contributed by atoms with E-state index in [1.165, 1.54) is 0 Å². The number of guanidine groups is 1. The Bertz CT molecular complexity index is 1850. The highest BCUT2D eigenvalue weighted by Crippen LogP contribution is 2.43. The summed E-state index contributed by atoms with van der Waals surface area (Å²) in [7, 11) is -4.13. The fourth-order valence-corrected chi connectivity index (χ4v) is 7.38. The van der Waals surface area contributed by atoms with E-state index in [2.05, 4.69) is 20.3 Å². The second-order valence-electron chi connectivity index (χ2n) is 12.9. The molecule has 3 aromatic rings. The maximum absolute atomic E-state index is 13.4. The predicted octanol–water partition coefficient (Wildman–Crippen LogP) is 3.81. The number of hydrogen-bond donors (Lipinski definition) is 5. The molecule has 6 N–H and O–H groups in total. The number of carbonyl (C=O) groups excluding carboxylic acids is 2. The quantitative estimate of drug-likeness (QED) is 0.0940. The van der Waals surface area contributed by atoms with Crippen LogP contribution < -0.4 is 25.8 Å². The van der Waals surface area contributed by atoms with E-state index in [0.717, 1.165) is 22.3 Å². The van der Waals surface area contributed by atoms with Crippen LogP contribution in [-0.4, -0.2) is 61.7 Å². The number of alkyl carbamates (subject to hydrolysis) is 1. The number of rotatable bonds is 14. The minimum Gasteiger partial charge on any atom is -0.487 e. The normalized spacial score (nSPS) is 14.9. The average molecular weight is 708 g/mol. The van der Waals surface area contributed by atoms with E-state index in [0.29, 0.717) is 23.3 Å². The Morgan fingerprint density at radius 2 is 1.56 bits per heavy atom. The Kier molecular flexibility index (Phi) is 12.1. The third-order valence-corrected chi connectivity index (χ3v) is 10.1. The summed E-state index contributed by atoms with van der Waals surface area (Å²) in [6, 6.07) is 15.5. The van der Waals surface area contributed by atoms with Gasteiger partial charge in [-0.2, -0.15) is 0 Å². The van der Waals surface area contributed by atoms with Crippen LogP contribution in [0.3, 0.4) is 0 Å². The first kappa shape index (κ1) is 37.7. The zero-order chi connectivity index (χ0) is 36.6. The molecule has 13 nitrogen and oxygen atoms in total. The van der Waals surface area contributed by atoms with Gasteiger partial charge in [0, 0.05) is 30.5 Å². The van der Waals surface area contributed by atoms with Crippen LogP contribution >= 0.6 is 0 Å². The minimum absolute atomic E-state index is 0.0111. The van der Waals surface area contributed by atoms with E-state index in [-0.39, 0.29) is 43.3 Å². The van der Waals surface area contributed by atoms with Gasteiger partial charge in [0.1, 0.15) is 30.0 Å². The molecule has 0 spiro atoms. The van der Waals surface area contributed by atoms with Crippen molar-refractivity contribution >= 4 is 34.0 Å². The summed E-state index contributed by atoms with van der Waals surface area (Å²) < 4.78 is 40.6. The first-order valence-electron chi connectivity index (χ1n) is 16.3. The maximum Gasteiger partial charge on any atom is 0.408 e. The number of nitrogens with one attached hydrogen (secondary N) is 3. The van der Waals surface area contributed by atoms with Crippen molar-refractivity contribution in [1.29, 1.82) is 0 Å². The Morgan fingerprint density at radius 1 is 0.940 bits per heavy atom. The number of amides is 2. The molecule has 2 atom stereocenters. The van der Waals surface area contributed by atoms with Crippen LogP contribution in [0, 0.1) is 20.8 Å². The minimum atomic E-state index is -4.13. The van der Waals surface area contributed by atoms with Crippen molar-refractivity contribution in [3.05, 3.63) is 94.0 Å². The third-order valence-electron chi connectivity index (χ3n) is 8.45. The smallest absolute Gasteiger partial charge is 0.408 e. The summed E-state index contributed by atoms with van der Waals surface area (Å²) in [5.41, 5.74) is 9.90. The van der Waals surface area contributed by atoms with Crippen molar-refractivity contribution in [2.45, 2.75) is 89.5 Å². The van der Waals surface area contributed by atoms with Gasteiger partial charge in [0.25, 0.3) is 10.0 Å². The molecule has 268 valence electrons. The number of ether oxygens (including phenoxy) is 2. The zero-order valence-corrected chi connectivity index (χ0v) is 29.7. The molecular weight excluding hydrogens is 662 g/mol. The van der Waals surface area contributed by atoms with Gasteiger partial charge in [-0.15, -0.1) is 0 Å². The molecule has 0 radical (unpaired) electrons. The molecule has 0 saturated heterocycles. The number of hydrogen-bond acceptors (Lipinski definition) is 8. The number of carboxylic acids is 1. The summed E-state index contributed by atoms with van der Waals surface area (Å²) in [6.07, 6.45) is 0.0231. The van der Waals surface area contributed by atoms with Crippen LogP contribution in [0.5, 0.6) is 5.75 Å². The van der Waals surface area contributed by atoms with E-state index in [4.69, 9.17) is 15.2 Å². The lowest BCUT2D eigenvalue weighted by atomic mass is 9.93. The molecule has 2 amide bonds. The average Bonchev–Trinajstić information content (AvgIpc) is 3.40. The summed E-state index contributed by atoms with van der Waals surface area (Å²) in [5, 5.41) is 14.9. The van der Waals surface area contributed by atoms with Gasteiger partial charge >= 0.3 is 12.1 Å². The van der Waals surface area contributed by atoms with Crippen LogP contribution in [-0.2, 0) is 43.8 Å². The molecule has 1 heterocycles. The van der Waals surface area contributed by atoms with Crippen LogP contribution in [0.4, 0.5) is 4.79 Å². The first-order valence-corrected chi connectivity index (χ1v) is 17.7. The number of nitrogens with zero attached hydrogens (tertiary/aromatic N) is 1. The lowest BCUT2D eigenvalue weighted by molar-refractivity contribution is -0.142. The molecule has 3 aromatic carbocycles. The summed E-state index contributed by atoms with van der Waals surface area (Å²) in [5.74, 6) is -1.80. The monoisotopic (exact) mass is 707 g/mol. The van der Waals surface area contributed by atoms with Gasteiger partial charge in [-0.05, 0) is 69.7 Å². The third kappa shape index (κ3) is 9.74. The number of carboxylic acid groups (broad SMARTS) is 1. The van der Waals surface area contributed by atoms with Crippen LogP contribution in [0.2, 0.25) is 0 Å². The highest BCUT2D eigenvalue weighted by Gasteiger charge is 2.37. The van der Waals surface area contributed by atoms with Crippen molar-refractivity contribution in [1.82, 2.24) is 15.4 Å². The number of benzene rings is 3. The summed E-state index contributed by atoms with van der Waals surface area (Å²) in [4.78, 5) is 42.2. The summed E-state index contributed by atoms with van der Waals surface area (Å²) >= 11 is 0. The first-order chi connectivity index (χ1) is 23.6. The van der Waals surface area contributed by atoms with Crippen molar-refractivity contribution in [2.75, 3.05) is 6.54 Å². The molecule has 0 bridgehead atoms. The molecule has 0 fully saturated rings. The zero-order valence-electron chi connectivity index (χ0n) is 28.9. The van der Waals surface area contributed by atoms with E-state index in [1.54, 1.807) is 62.4 Å². The second-order valence-corrected chi connectivity index (χ2v) is 14.5. The molecular formula is C36H45N5O8S. The molecule has 0 aromatic heterocycles.